The fraction of sp³-hybridized carbons (Fsp3) is 0.603. The molecule has 3 radical (unpaired) electrons. The standard InChI is InChI=1S/C15H21N5O3.C15H21N5O2.C13H18N5O2.C13H18N5O.C12H18N3O2.3Y/c1-3-8-10-13(23-15(8,4-2)5-6-22-10)20-7-17-9-11(20)18-14(16)19-12(9)21;1-3-9-11-14(22-15(9,4-2)5-6-21-11)20-8-19-10-12(16)17-7-18-13(10)20;1-3-7-5-9(20-8(7)4-2)18-6-15-10-11(18)16-13(14)17-12(10)19;1-3-8-5-10(19-9(8)4-2)18-7-17-11-12(14)15-6-16-13(11)18;1-3-8-7-11(17-9(8)4-2)15-6-5-10(13)14-12(15)16;;;/h7-8,10,13H,3-6H2,1-2H3,(H3,16,18,19,21);7-9,11,14H,3-6H2,1-2H3,(H2,16,17,18);5-9H,3-4H2,1-2H3,(H3,14,16,17,19);5-10H,3-4H2,1-2H3,(H2,14,15,16);5-9,11H,3-4H2,1-2H3,(H2,13,14,16);;;/q;;3*-1;;;/t8-,10?,13-,15+;9-,11?,14-,15+;7-,8-,9-;8-,9-,10-;8-,9-,11-;;;/m11111.../s1. The van der Waals surface area contributed by atoms with Gasteiger partial charge in [0.05, 0.1) is 36.5 Å². The Balaban J connectivity index is 0.000000150. The number of rotatable bonds is 15. The Morgan fingerprint density at radius 2 is 0.837 bits per heavy atom. The first-order chi connectivity index (χ1) is 48.8. The normalized spacial score (nSPS) is 29.3. The molecule has 7 aliphatic heterocycles. The average molecular weight is 1660 g/mol. The van der Waals surface area contributed by atoms with Gasteiger partial charge in [-0.25, -0.2) is 44.7 Å². The van der Waals surface area contributed by atoms with Crippen molar-refractivity contribution in [2.75, 3.05) is 41.9 Å². The van der Waals surface area contributed by atoms with Gasteiger partial charge in [0.1, 0.15) is 41.7 Å². The molecule has 0 aliphatic carbocycles. The Hall–Kier alpha value is -5.29. The number of aromatic nitrogens is 18. The summed E-state index contributed by atoms with van der Waals surface area (Å²) in [6.07, 6.45) is 28.9. The molecule has 12 N–H and O–H groups in total. The van der Waals surface area contributed by atoms with E-state index in [1.807, 2.05) is 9.13 Å². The van der Waals surface area contributed by atoms with Crippen LogP contribution in [0.5, 0.6) is 0 Å². The second-order valence-electron chi connectivity index (χ2n) is 26.5. The number of nitrogen functional groups attached to an aromatic ring is 5. The van der Waals surface area contributed by atoms with Gasteiger partial charge in [0.2, 0.25) is 11.9 Å². The van der Waals surface area contributed by atoms with Gasteiger partial charge in [-0.05, 0) is 51.0 Å². The molecule has 0 aromatic carbocycles. The zero-order valence-electron chi connectivity index (χ0n) is 60.8. The fourth-order valence-corrected chi connectivity index (χ4v) is 15.9. The van der Waals surface area contributed by atoms with Crippen LogP contribution < -0.4 is 45.5 Å². The molecule has 16 heterocycles. The maximum Gasteiger partial charge on any atom is 0.349 e. The number of nitrogens with two attached hydrogens (primary N) is 5. The van der Waals surface area contributed by atoms with Crippen molar-refractivity contribution in [2.24, 2.45) is 29.6 Å². The van der Waals surface area contributed by atoms with E-state index in [1.165, 1.54) is 17.2 Å². The van der Waals surface area contributed by atoms with Crippen molar-refractivity contribution in [3.05, 3.63) is 101 Å². The Bertz CT molecular complexity index is 4480. The van der Waals surface area contributed by atoms with Crippen molar-refractivity contribution in [2.45, 2.75) is 219 Å². The minimum atomic E-state index is -0.363. The summed E-state index contributed by atoms with van der Waals surface area (Å²) in [4.78, 5) is 85.9. The Morgan fingerprint density at radius 3 is 1.21 bits per heavy atom. The number of fused-ring (bicyclic) bond motifs is 8. The summed E-state index contributed by atoms with van der Waals surface area (Å²) >= 11 is 0. The summed E-state index contributed by atoms with van der Waals surface area (Å²) in [5, 5.41) is 0. The van der Waals surface area contributed by atoms with E-state index in [0.717, 1.165) is 89.3 Å². The summed E-state index contributed by atoms with van der Waals surface area (Å²) in [5.41, 5.74) is 31.2. The van der Waals surface area contributed by atoms with Crippen molar-refractivity contribution in [3.63, 3.8) is 0 Å². The molecular weight excluding hydrogens is 1570 g/mol. The molecule has 7 aliphatic rings. The van der Waals surface area contributed by atoms with Crippen molar-refractivity contribution in [1.29, 1.82) is 0 Å². The van der Waals surface area contributed by atoms with Gasteiger partial charge in [0, 0.05) is 179 Å². The van der Waals surface area contributed by atoms with E-state index in [1.54, 1.807) is 46.7 Å². The molecular formula is C68H96N23O10Y3-3. The van der Waals surface area contributed by atoms with E-state index in [2.05, 4.69) is 153 Å². The van der Waals surface area contributed by atoms with Gasteiger partial charge in [-0.1, -0.05) is 88.5 Å². The fourth-order valence-electron chi connectivity index (χ4n) is 15.9. The number of hydrogen-bond donors (Lipinski definition) is 7. The molecule has 0 amide bonds. The predicted octanol–water partition coefficient (Wildman–Crippen LogP) is 7.64. The molecule has 9 aromatic rings. The van der Waals surface area contributed by atoms with Crippen molar-refractivity contribution < 1.29 is 131 Å². The number of nitrogens with zero attached hydrogens (tertiary/aromatic N) is 16. The van der Waals surface area contributed by atoms with Crippen LogP contribution in [0.25, 0.3) is 44.7 Å². The zero-order chi connectivity index (χ0) is 71.6. The molecule has 4 bridgehead atoms. The second kappa shape index (κ2) is 35.8. The van der Waals surface area contributed by atoms with Gasteiger partial charge in [-0.15, -0.1) is 17.8 Å². The van der Waals surface area contributed by atoms with Gasteiger partial charge in [-0.3, -0.25) is 48.0 Å². The number of hydrogen-bond acceptors (Lipinski definition) is 26. The molecule has 2 unspecified atom stereocenters. The quantitative estimate of drug-likeness (QED) is 0.0485. The molecule has 33 nitrogen and oxygen atoms in total. The predicted molar refractivity (Wildman–Crippen MR) is 377 cm³/mol. The first-order valence-corrected chi connectivity index (χ1v) is 35.6. The van der Waals surface area contributed by atoms with Crippen LogP contribution in [0, 0.1) is 48.9 Å². The van der Waals surface area contributed by atoms with Crippen LogP contribution in [0.15, 0.2) is 64.6 Å². The maximum atomic E-state index is 12.0. The minimum absolute atomic E-state index is 0. The second-order valence-corrected chi connectivity index (χ2v) is 26.5. The number of imidazole rings is 4. The molecule has 36 heteroatoms. The van der Waals surface area contributed by atoms with E-state index < -0.39 is 0 Å². The van der Waals surface area contributed by atoms with Crippen LogP contribution in [-0.4, -0.2) is 143 Å². The van der Waals surface area contributed by atoms with E-state index in [9.17, 15) is 14.4 Å². The summed E-state index contributed by atoms with van der Waals surface area (Å²) in [6.45, 7) is 22.9. The number of ether oxygens (including phenoxy) is 7. The third kappa shape index (κ3) is 16.2. The van der Waals surface area contributed by atoms with E-state index in [-0.39, 0.29) is 217 Å². The zero-order valence-corrected chi connectivity index (χ0v) is 69.3. The Labute approximate surface area is 678 Å². The molecule has 104 heavy (non-hydrogen) atoms. The van der Waals surface area contributed by atoms with E-state index in [4.69, 9.17) is 61.8 Å². The van der Waals surface area contributed by atoms with Crippen LogP contribution in [0.2, 0.25) is 0 Å². The van der Waals surface area contributed by atoms with Gasteiger partial charge in [0.25, 0.3) is 11.1 Å². The first-order valence-electron chi connectivity index (χ1n) is 35.6. The summed E-state index contributed by atoms with van der Waals surface area (Å²) in [5.74, 6) is 3.19. The topological polar surface area (TPSA) is 444 Å². The number of H-pyrrole nitrogens is 2. The molecule has 17 atom stereocenters. The minimum Gasteiger partial charge on any atom is -0.389 e. The van der Waals surface area contributed by atoms with Crippen molar-refractivity contribution in [3.8, 4) is 0 Å². The third-order valence-electron chi connectivity index (χ3n) is 21.3. The van der Waals surface area contributed by atoms with Crippen LogP contribution >= 0.6 is 0 Å². The largest absolute Gasteiger partial charge is 0.389 e. The van der Waals surface area contributed by atoms with Gasteiger partial charge >= 0.3 is 5.69 Å². The van der Waals surface area contributed by atoms with Crippen LogP contribution in [0.1, 0.15) is 177 Å². The first kappa shape index (κ1) is 82.8. The summed E-state index contributed by atoms with van der Waals surface area (Å²) in [6, 6.07) is 1.61. The van der Waals surface area contributed by atoms with Crippen LogP contribution in [0.4, 0.5) is 29.4 Å². The van der Waals surface area contributed by atoms with Crippen molar-refractivity contribution >= 4 is 74.0 Å². The van der Waals surface area contributed by atoms with Gasteiger partial charge in [-0.2, -0.15) is 15.0 Å². The summed E-state index contributed by atoms with van der Waals surface area (Å²) < 4.78 is 51.9. The molecule has 9 aromatic heterocycles. The smallest absolute Gasteiger partial charge is 0.349 e. The monoisotopic (exact) mass is 1660 g/mol. The Morgan fingerprint density at radius 1 is 0.462 bits per heavy atom. The number of nitrogens with one attached hydrogen (secondary N) is 2. The Kier molecular flexibility index (Phi) is 28.5. The number of anilines is 5. The molecule has 555 valence electrons. The SMILES string of the molecule is CC[C@@H]1C2OCC[C@]1(CC)O[C@H]2n1cnc2c(=O)[nH]c(N)nc21.CC[C@@H]1C2OCC[C@]1(CC)O[C@H]2n1cnc2c(N)ncnc21.CC[C@@H]1[CH-][C@H](n2ccc(N)nc2=O)O[C@@H]1CC.CC[C@@H]1[CH-][C@H](n2cnc3c(=O)[nH]c(N)nc32)O[C@@H]1CC.CC[C@@H]1[CH-][C@H](n2cnc3c(N)ncnc32)O[C@@H]1CC.[Y].[Y].[Y]. The molecule has 16 rings (SSSR count). The third-order valence-corrected chi connectivity index (χ3v) is 21.3. The molecule has 7 saturated heterocycles. The average Bonchev–Trinajstić information content (AvgIpc) is 1.59. The molecule has 7 fully saturated rings. The van der Waals surface area contributed by atoms with Gasteiger partial charge < -0.3 is 75.5 Å². The molecule has 0 spiro atoms. The summed E-state index contributed by atoms with van der Waals surface area (Å²) in [7, 11) is 0. The van der Waals surface area contributed by atoms with Gasteiger partial charge in [0.15, 0.2) is 57.7 Å². The van der Waals surface area contributed by atoms with E-state index >= 15 is 0 Å². The molecule has 0 saturated carbocycles. The van der Waals surface area contributed by atoms with Crippen molar-refractivity contribution in [1.82, 2.24) is 87.6 Å². The van der Waals surface area contributed by atoms with E-state index in [0.29, 0.717) is 75.8 Å². The van der Waals surface area contributed by atoms with Crippen LogP contribution in [0.3, 0.4) is 0 Å². The maximum absolute atomic E-state index is 12.0. The van der Waals surface area contributed by atoms with Crippen LogP contribution in [-0.2, 0) is 131 Å². The number of aromatic amines is 2.